The summed E-state index contributed by atoms with van der Waals surface area (Å²) in [7, 11) is -0.339. The molecule has 0 aromatic rings. The second-order valence-corrected chi connectivity index (χ2v) is 9.11. The standard InChI is InChI=1S/C14H32Si/c1-5-6-7-8-9-10-11-12-13-14(2)15(3)4/h14-15H,5-13H2,1-4H3. The molecule has 0 bridgehead atoms. The number of unbranched alkanes of at least 4 members (excludes halogenated alkanes) is 7. The summed E-state index contributed by atoms with van der Waals surface area (Å²) in [5.41, 5.74) is 1.06. The molecule has 15 heavy (non-hydrogen) atoms. The molecule has 1 heteroatoms. The third-order valence-corrected chi connectivity index (χ3v) is 6.26. The number of rotatable bonds is 10. The molecule has 0 N–H and O–H groups in total. The highest BCUT2D eigenvalue weighted by Gasteiger charge is 2.06. The lowest BCUT2D eigenvalue weighted by atomic mass is 10.1. The summed E-state index contributed by atoms with van der Waals surface area (Å²) in [5, 5.41) is 0. The molecule has 1 atom stereocenters. The van der Waals surface area contributed by atoms with Gasteiger partial charge < -0.3 is 0 Å². The van der Waals surface area contributed by atoms with Gasteiger partial charge in [0.1, 0.15) is 0 Å². The maximum absolute atomic E-state index is 2.48. The summed E-state index contributed by atoms with van der Waals surface area (Å²) in [6.07, 6.45) is 13.2. The summed E-state index contributed by atoms with van der Waals surface area (Å²) >= 11 is 0. The fourth-order valence-electron chi connectivity index (χ4n) is 1.93. The minimum absolute atomic E-state index is 0.339. The van der Waals surface area contributed by atoms with E-state index in [-0.39, 0.29) is 8.80 Å². The van der Waals surface area contributed by atoms with Crippen LogP contribution in [0, 0.1) is 0 Å². The van der Waals surface area contributed by atoms with Crippen LogP contribution in [0.1, 0.15) is 71.6 Å². The highest BCUT2D eigenvalue weighted by molar-refractivity contribution is 6.57. The molecule has 0 radical (unpaired) electrons. The quantitative estimate of drug-likeness (QED) is 0.347. The molecule has 0 heterocycles. The van der Waals surface area contributed by atoms with Crippen LogP contribution in [-0.4, -0.2) is 8.80 Å². The molecule has 0 aromatic carbocycles. The van der Waals surface area contributed by atoms with E-state index in [0.717, 1.165) is 5.54 Å². The molecule has 1 unspecified atom stereocenters. The van der Waals surface area contributed by atoms with Gasteiger partial charge in [-0.2, -0.15) is 0 Å². The van der Waals surface area contributed by atoms with Crippen molar-refractivity contribution in [2.75, 3.05) is 0 Å². The van der Waals surface area contributed by atoms with Gasteiger partial charge in [0.2, 0.25) is 0 Å². The smallest absolute Gasteiger partial charge is 0.0334 e. The van der Waals surface area contributed by atoms with E-state index in [1.807, 2.05) is 0 Å². The molecule has 0 aromatic heterocycles. The molecule has 0 saturated carbocycles. The number of hydrogen-bond acceptors (Lipinski definition) is 0. The minimum atomic E-state index is -0.339. The average Bonchev–Trinajstić information content (AvgIpc) is 2.21. The highest BCUT2D eigenvalue weighted by Crippen LogP contribution is 2.19. The van der Waals surface area contributed by atoms with Crippen LogP contribution >= 0.6 is 0 Å². The van der Waals surface area contributed by atoms with Crippen LogP contribution in [0.4, 0.5) is 0 Å². The lowest BCUT2D eigenvalue weighted by Crippen LogP contribution is -2.08. The molecule has 92 valence electrons. The zero-order valence-electron chi connectivity index (χ0n) is 11.5. The zero-order valence-corrected chi connectivity index (χ0v) is 12.7. The van der Waals surface area contributed by atoms with Gasteiger partial charge in [-0.25, -0.2) is 0 Å². The average molecular weight is 228 g/mol. The van der Waals surface area contributed by atoms with Crippen molar-refractivity contribution in [2.24, 2.45) is 0 Å². The molecule has 0 spiro atoms. The molecule has 0 aliphatic rings. The van der Waals surface area contributed by atoms with Gasteiger partial charge in [0.25, 0.3) is 0 Å². The van der Waals surface area contributed by atoms with E-state index in [1.54, 1.807) is 0 Å². The van der Waals surface area contributed by atoms with Crippen LogP contribution < -0.4 is 0 Å². The van der Waals surface area contributed by atoms with Gasteiger partial charge in [0.15, 0.2) is 0 Å². The van der Waals surface area contributed by atoms with Crippen molar-refractivity contribution in [1.82, 2.24) is 0 Å². The lowest BCUT2D eigenvalue weighted by Gasteiger charge is -2.13. The van der Waals surface area contributed by atoms with Gasteiger partial charge in [-0.1, -0.05) is 90.3 Å². The van der Waals surface area contributed by atoms with E-state index < -0.39 is 0 Å². The van der Waals surface area contributed by atoms with Crippen LogP contribution in [0.25, 0.3) is 0 Å². The van der Waals surface area contributed by atoms with Gasteiger partial charge in [0.05, 0.1) is 0 Å². The Labute approximate surface area is 99.5 Å². The van der Waals surface area contributed by atoms with Gasteiger partial charge in [-0.15, -0.1) is 0 Å². The summed E-state index contributed by atoms with van der Waals surface area (Å²) in [6.45, 7) is 9.71. The molecule has 0 nitrogen and oxygen atoms in total. The molecule has 0 fully saturated rings. The molecular formula is C14H32Si. The van der Waals surface area contributed by atoms with Crippen molar-refractivity contribution in [3.63, 3.8) is 0 Å². The Morgan fingerprint density at radius 3 is 1.73 bits per heavy atom. The Morgan fingerprint density at radius 1 is 0.800 bits per heavy atom. The molecular weight excluding hydrogens is 196 g/mol. The summed E-state index contributed by atoms with van der Waals surface area (Å²) in [5.74, 6) is 0. The first-order valence-corrected chi connectivity index (χ1v) is 10.2. The Bertz CT molecular complexity index is 121. The lowest BCUT2D eigenvalue weighted by molar-refractivity contribution is 0.560. The van der Waals surface area contributed by atoms with Crippen molar-refractivity contribution < 1.29 is 0 Å². The Balaban J connectivity index is 3.05. The Morgan fingerprint density at radius 2 is 1.27 bits per heavy atom. The van der Waals surface area contributed by atoms with Crippen molar-refractivity contribution in [1.29, 1.82) is 0 Å². The van der Waals surface area contributed by atoms with E-state index in [4.69, 9.17) is 0 Å². The van der Waals surface area contributed by atoms with Crippen LogP contribution in [0.15, 0.2) is 0 Å². The van der Waals surface area contributed by atoms with Crippen LogP contribution in [0.5, 0.6) is 0 Å². The second-order valence-electron chi connectivity index (χ2n) is 5.48. The fraction of sp³-hybridized carbons (Fsp3) is 1.00. The summed E-state index contributed by atoms with van der Waals surface area (Å²) in [6, 6.07) is 0. The van der Waals surface area contributed by atoms with E-state index >= 15 is 0 Å². The first kappa shape index (κ1) is 15.2. The largest absolute Gasteiger partial charge is 0.0720 e. The van der Waals surface area contributed by atoms with Crippen molar-refractivity contribution >= 4 is 8.80 Å². The molecule has 0 aliphatic heterocycles. The van der Waals surface area contributed by atoms with Gasteiger partial charge in [-0.3, -0.25) is 0 Å². The maximum atomic E-state index is 2.48. The predicted octanol–water partition coefficient (Wildman–Crippen LogP) is 5.39. The van der Waals surface area contributed by atoms with Gasteiger partial charge in [-0.05, 0) is 0 Å². The first-order valence-electron chi connectivity index (χ1n) is 7.18. The van der Waals surface area contributed by atoms with E-state index in [1.165, 1.54) is 57.8 Å². The minimum Gasteiger partial charge on any atom is -0.0720 e. The second kappa shape index (κ2) is 10.7. The number of hydrogen-bond donors (Lipinski definition) is 0. The normalized spacial score (nSPS) is 13.4. The highest BCUT2D eigenvalue weighted by atomic mass is 28.3. The molecule has 0 aliphatic carbocycles. The van der Waals surface area contributed by atoms with E-state index in [9.17, 15) is 0 Å². The predicted molar refractivity (Wildman–Crippen MR) is 75.5 cm³/mol. The fourth-order valence-corrected chi connectivity index (χ4v) is 2.84. The topological polar surface area (TPSA) is 0 Å². The summed E-state index contributed by atoms with van der Waals surface area (Å²) in [4.78, 5) is 0. The van der Waals surface area contributed by atoms with Crippen molar-refractivity contribution in [3.8, 4) is 0 Å². The van der Waals surface area contributed by atoms with Gasteiger partial charge >= 0.3 is 0 Å². The van der Waals surface area contributed by atoms with Crippen LogP contribution in [0.2, 0.25) is 18.6 Å². The van der Waals surface area contributed by atoms with Gasteiger partial charge in [0, 0.05) is 8.80 Å². The third-order valence-electron chi connectivity index (χ3n) is 3.65. The van der Waals surface area contributed by atoms with Crippen LogP contribution in [-0.2, 0) is 0 Å². The molecule has 0 saturated heterocycles. The van der Waals surface area contributed by atoms with Crippen molar-refractivity contribution in [3.05, 3.63) is 0 Å². The SMILES string of the molecule is CCCCCCCCCCC(C)[SiH](C)C. The monoisotopic (exact) mass is 228 g/mol. The zero-order chi connectivity index (χ0) is 11.5. The first-order chi connectivity index (χ1) is 7.18. The van der Waals surface area contributed by atoms with E-state index in [2.05, 4.69) is 26.9 Å². The molecule has 0 rings (SSSR count). The Kier molecular flexibility index (Phi) is 10.9. The molecule has 0 amide bonds. The Hall–Kier alpha value is 0.217. The summed E-state index contributed by atoms with van der Waals surface area (Å²) < 4.78 is 0. The van der Waals surface area contributed by atoms with Crippen LogP contribution in [0.3, 0.4) is 0 Å². The maximum Gasteiger partial charge on any atom is 0.0334 e. The third kappa shape index (κ3) is 10.5. The van der Waals surface area contributed by atoms with E-state index in [0.29, 0.717) is 0 Å². The van der Waals surface area contributed by atoms with Crippen molar-refractivity contribution in [2.45, 2.75) is 90.3 Å².